The molecule has 0 atom stereocenters. The summed E-state index contributed by atoms with van der Waals surface area (Å²) in [6.45, 7) is 4.80. The summed E-state index contributed by atoms with van der Waals surface area (Å²) in [4.78, 5) is 31.5. The van der Waals surface area contributed by atoms with Gasteiger partial charge in [0, 0.05) is 63.1 Å². The average Bonchev–Trinajstić information content (AvgIpc) is 3.48. The molecule has 5 heterocycles. The number of aromatic nitrogens is 5. The number of rotatable bonds is 3. The molecule has 6 rings (SSSR count). The third kappa shape index (κ3) is 4.10. The van der Waals surface area contributed by atoms with Gasteiger partial charge in [-0.3, -0.25) is 4.68 Å². The molecule has 2 amide bonds. The lowest BCUT2D eigenvalue weighted by molar-refractivity contribution is 0.125. The van der Waals surface area contributed by atoms with Crippen LogP contribution in [0.5, 0.6) is 0 Å². The largest absolute Gasteiger partial charge is 0.340 e. The fraction of sp³-hybridized carbons (Fsp3) is 0.360. The minimum atomic E-state index is 0.146. The highest BCUT2D eigenvalue weighted by Gasteiger charge is 2.26. The van der Waals surface area contributed by atoms with Gasteiger partial charge in [0.25, 0.3) is 0 Å². The van der Waals surface area contributed by atoms with Crippen LogP contribution >= 0.6 is 0 Å². The average molecular weight is 472 g/mol. The number of likely N-dealkylation sites (N-methyl/N-ethyl adjacent to an activating group) is 1. The number of hydrogen-bond donors (Lipinski definition) is 2. The Kier molecular flexibility index (Phi) is 5.37. The van der Waals surface area contributed by atoms with Crippen molar-refractivity contribution in [1.29, 1.82) is 0 Å². The highest BCUT2D eigenvalue weighted by molar-refractivity contribution is 5.93. The van der Waals surface area contributed by atoms with Gasteiger partial charge >= 0.3 is 6.03 Å². The standard InChI is InChI=1S/C25H29N9O/c1-31-9-11-34(12-10-31)25(35)33-7-5-17(6-8-33)21-14-20-23(26-16-27-24(20)30-21)29-19-3-4-22-18(13-19)15-28-32(22)2/h3-5,13-16H,6-12H2,1-2H3,(H2,26,27,29,30). The minimum Gasteiger partial charge on any atom is -0.340 e. The molecule has 0 unspecified atom stereocenters. The van der Waals surface area contributed by atoms with Crippen molar-refractivity contribution in [2.24, 2.45) is 7.05 Å². The minimum absolute atomic E-state index is 0.146. The van der Waals surface area contributed by atoms with E-state index in [1.807, 2.05) is 39.9 Å². The smallest absolute Gasteiger partial charge is 0.320 e. The number of urea groups is 1. The van der Waals surface area contributed by atoms with Gasteiger partial charge in [0.1, 0.15) is 17.8 Å². The van der Waals surface area contributed by atoms with E-state index in [0.29, 0.717) is 13.1 Å². The molecule has 0 bridgehead atoms. The first-order valence-corrected chi connectivity index (χ1v) is 12.0. The summed E-state index contributed by atoms with van der Waals surface area (Å²) in [5.41, 5.74) is 5.04. The fourth-order valence-corrected chi connectivity index (χ4v) is 4.88. The van der Waals surface area contributed by atoms with Gasteiger partial charge in [-0.2, -0.15) is 5.10 Å². The van der Waals surface area contributed by atoms with Crippen molar-refractivity contribution in [2.45, 2.75) is 6.42 Å². The molecular weight excluding hydrogens is 442 g/mol. The third-order valence-electron chi connectivity index (χ3n) is 7.03. The van der Waals surface area contributed by atoms with E-state index in [-0.39, 0.29) is 6.03 Å². The van der Waals surface area contributed by atoms with E-state index < -0.39 is 0 Å². The van der Waals surface area contributed by atoms with Crippen LogP contribution in [0.15, 0.2) is 42.9 Å². The lowest BCUT2D eigenvalue weighted by Gasteiger charge is -2.37. The zero-order chi connectivity index (χ0) is 23.9. The number of anilines is 2. The molecule has 35 heavy (non-hydrogen) atoms. The van der Waals surface area contributed by atoms with Crippen molar-refractivity contribution < 1.29 is 4.79 Å². The number of H-pyrrole nitrogens is 1. The molecule has 3 aromatic heterocycles. The quantitative estimate of drug-likeness (QED) is 0.477. The van der Waals surface area contributed by atoms with Gasteiger partial charge in [0.15, 0.2) is 0 Å². The highest BCUT2D eigenvalue weighted by atomic mass is 16.2. The van der Waals surface area contributed by atoms with E-state index in [9.17, 15) is 4.79 Å². The van der Waals surface area contributed by atoms with Gasteiger partial charge in [-0.05, 0) is 43.3 Å². The summed E-state index contributed by atoms with van der Waals surface area (Å²) in [6.07, 6.45) is 6.39. The van der Waals surface area contributed by atoms with Crippen LogP contribution in [0.2, 0.25) is 0 Å². The van der Waals surface area contributed by atoms with E-state index in [0.717, 1.165) is 71.7 Å². The predicted octanol–water partition coefficient (Wildman–Crippen LogP) is 3.04. The number of amides is 2. The molecule has 1 fully saturated rings. The van der Waals surface area contributed by atoms with Gasteiger partial charge in [-0.25, -0.2) is 14.8 Å². The predicted molar refractivity (Wildman–Crippen MR) is 137 cm³/mol. The molecule has 0 aliphatic carbocycles. The van der Waals surface area contributed by atoms with E-state index in [1.54, 1.807) is 6.33 Å². The van der Waals surface area contributed by atoms with Gasteiger partial charge in [0.05, 0.1) is 17.1 Å². The van der Waals surface area contributed by atoms with Crippen LogP contribution in [0.4, 0.5) is 16.3 Å². The van der Waals surface area contributed by atoms with Gasteiger partial charge in [0.2, 0.25) is 0 Å². The number of nitrogens with one attached hydrogen (secondary N) is 2. The lowest BCUT2D eigenvalue weighted by Crippen LogP contribution is -2.52. The zero-order valence-corrected chi connectivity index (χ0v) is 20.0. The van der Waals surface area contributed by atoms with Crippen molar-refractivity contribution in [2.75, 3.05) is 51.6 Å². The first-order valence-electron chi connectivity index (χ1n) is 12.0. The number of benzene rings is 1. The molecule has 180 valence electrons. The summed E-state index contributed by atoms with van der Waals surface area (Å²) < 4.78 is 1.86. The zero-order valence-electron chi connectivity index (χ0n) is 20.0. The fourth-order valence-electron chi connectivity index (χ4n) is 4.88. The Morgan fingerprint density at radius 3 is 2.69 bits per heavy atom. The number of hydrogen-bond acceptors (Lipinski definition) is 6. The van der Waals surface area contributed by atoms with E-state index in [2.05, 4.69) is 55.5 Å². The molecular formula is C25H29N9O. The van der Waals surface area contributed by atoms with Gasteiger partial charge in [-0.15, -0.1) is 0 Å². The molecule has 1 aromatic carbocycles. The Labute approximate surface area is 203 Å². The van der Waals surface area contributed by atoms with Crippen LogP contribution in [0, 0.1) is 0 Å². The van der Waals surface area contributed by atoms with E-state index >= 15 is 0 Å². The topological polar surface area (TPSA) is 98.2 Å². The molecule has 0 radical (unpaired) electrons. The Morgan fingerprint density at radius 1 is 1.03 bits per heavy atom. The second-order valence-electron chi connectivity index (χ2n) is 9.33. The lowest BCUT2D eigenvalue weighted by atomic mass is 10.0. The van der Waals surface area contributed by atoms with Gasteiger partial charge in [-0.1, -0.05) is 6.08 Å². The van der Waals surface area contributed by atoms with Crippen molar-refractivity contribution in [1.82, 2.24) is 39.4 Å². The van der Waals surface area contributed by atoms with Crippen molar-refractivity contribution in [3.8, 4) is 0 Å². The van der Waals surface area contributed by atoms with Crippen LogP contribution in [-0.2, 0) is 7.05 Å². The molecule has 1 saturated heterocycles. The molecule has 0 spiro atoms. The SMILES string of the molecule is CN1CCN(C(=O)N2CC=C(c3cc4c(Nc5ccc6c(cnn6C)c5)ncnc4[nH]3)CC2)CC1. The second-order valence-corrected chi connectivity index (χ2v) is 9.33. The maximum atomic E-state index is 12.9. The van der Waals surface area contributed by atoms with Crippen molar-refractivity contribution >= 4 is 45.0 Å². The number of aryl methyl sites for hydroxylation is 1. The molecule has 2 aliphatic rings. The summed E-state index contributed by atoms with van der Waals surface area (Å²) in [7, 11) is 4.04. The number of nitrogens with zero attached hydrogens (tertiary/aromatic N) is 7. The maximum Gasteiger partial charge on any atom is 0.320 e. The van der Waals surface area contributed by atoms with Crippen LogP contribution in [-0.4, -0.2) is 91.8 Å². The van der Waals surface area contributed by atoms with Crippen LogP contribution in [0.3, 0.4) is 0 Å². The summed E-state index contributed by atoms with van der Waals surface area (Å²) in [6, 6.07) is 8.39. The Hall–Kier alpha value is -3.92. The monoisotopic (exact) mass is 471 g/mol. The van der Waals surface area contributed by atoms with E-state index in [4.69, 9.17) is 0 Å². The summed E-state index contributed by atoms with van der Waals surface area (Å²) >= 11 is 0. The normalized spacial score (nSPS) is 17.3. The first kappa shape index (κ1) is 21.6. The van der Waals surface area contributed by atoms with Crippen molar-refractivity contribution in [3.05, 3.63) is 48.6 Å². The van der Waals surface area contributed by atoms with Crippen LogP contribution in [0.1, 0.15) is 12.1 Å². The molecule has 10 nitrogen and oxygen atoms in total. The number of fused-ring (bicyclic) bond motifs is 2. The Balaban J connectivity index is 1.20. The third-order valence-corrected chi connectivity index (χ3v) is 7.03. The number of carbonyl (C=O) groups excluding carboxylic acids is 1. The molecule has 4 aromatic rings. The molecule has 2 N–H and O–H groups in total. The van der Waals surface area contributed by atoms with Crippen LogP contribution < -0.4 is 5.32 Å². The summed E-state index contributed by atoms with van der Waals surface area (Å²) in [5.74, 6) is 0.754. The highest BCUT2D eigenvalue weighted by Crippen LogP contribution is 2.30. The van der Waals surface area contributed by atoms with Gasteiger partial charge < -0.3 is 25.0 Å². The molecule has 10 heteroatoms. The Morgan fingerprint density at radius 2 is 1.89 bits per heavy atom. The van der Waals surface area contributed by atoms with E-state index in [1.165, 1.54) is 5.57 Å². The molecule has 2 aliphatic heterocycles. The number of piperazine rings is 1. The maximum absolute atomic E-state index is 12.9. The first-order chi connectivity index (χ1) is 17.0. The number of carbonyl (C=O) groups is 1. The Bertz CT molecular complexity index is 1430. The van der Waals surface area contributed by atoms with Crippen LogP contribution in [0.25, 0.3) is 27.5 Å². The van der Waals surface area contributed by atoms with Crippen molar-refractivity contribution in [3.63, 3.8) is 0 Å². The molecule has 0 saturated carbocycles. The number of aromatic amines is 1. The second kappa shape index (κ2) is 8.70. The summed E-state index contributed by atoms with van der Waals surface area (Å²) in [5, 5.41) is 9.76.